The summed E-state index contributed by atoms with van der Waals surface area (Å²) in [7, 11) is 1.77. The van der Waals surface area contributed by atoms with E-state index >= 15 is 0 Å². The second-order valence-corrected chi connectivity index (χ2v) is 7.53. The SMILES string of the molecule is CCC1(C)NC(=O)N(CCCNC(=NC)NC2CCC(C)CC2)C1=O. The minimum absolute atomic E-state index is 0.126. The molecule has 1 atom stereocenters. The molecule has 1 unspecified atom stereocenters. The van der Waals surface area contributed by atoms with Gasteiger partial charge >= 0.3 is 6.03 Å². The van der Waals surface area contributed by atoms with E-state index in [9.17, 15) is 9.59 Å². The van der Waals surface area contributed by atoms with Crippen LogP contribution < -0.4 is 16.0 Å². The summed E-state index contributed by atoms with van der Waals surface area (Å²) in [4.78, 5) is 29.9. The molecule has 25 heavy (non-hydrogen) atoms. The highest BCUT2D eigenvalue weighted by molar-refractivity contribution is 6.06. The van der Waals surface area contributed by atoms with Gasteiger partial charge in [0.2, 0.25) is 0 Å². The minimum atomic E-state index is -0.750. The molecule has 1 heterocycles. The number of carbonyl (C=O) groups excluding carboxylic acids is 2. The second kappa shape index (κ2) is 8.54. The molecule has 0 radical (unpaired) electrons. The Kier molecular flexibility index (Phi) is 6.67. The first-order valence-electron chi connectivity index (χ1n) is 9.51. The molecular weight excluding hydrogens is 318 g/mol. The van der Waals surface area contributed by atoms with Gasteiger partial charge in [-0.05, 0) is 51.4 Å². The van der Waals surface area contributed by atoms with E-state index in [-0.39, 0.29) is 11.9 Å². The van der Waals surface area contributed by atoms with E-state index < -0.39 is 5.54 Å². The van der Waals surface area contributed by atoms with Crippen molar-refractivity contribution in [2.75, 3.05) is 20.1 Å². The predicted molar refractivity (Wildman–Crippen MR) is 99.5 cm³/mol. The van der Waals surface area contributed by atoms with Crippen LogP contribution in [0.4, 0.5) is 4.79 Å². The zero-order chi connectivity index (χ0) is 18.4. The highest BCUT2D eigenvalue weighted by Crippen LogP contribution is 2.23. The molecule has 0 aromatic carbocycles. The van der Waals surface area contributed by atoms with E-state index in [2.05, 4.69) is 27.9 Å². The first kappa shape index (κ1) is 19.5. The fourth-order valence-electron chi connectivity index (χ4n) is 3.43. The quantitative estimate of drug-likeness (QED) is 0.295. The maximum Gasteiger partial charge on any atom is 0.325 e. The largest absolute Gasteiger partial charge is 0.356 e. The molecule has 3 N–H and O–H groups in total. The summed E-state index contributed by atoms with van der Waals surface area (Å²) < 4.78 is 0. The number of hydrogen-bond donors (Lipinski definition) is 3. The summed E-state index contributed by atoms with van der Waals surface area (Å²) in [5.41, 5.74) is -0.750. The molecule has 7 heteroatoms. The molecule has 7 nitrogen and oxygen atoms in total. The summed E-state index contributed by atoms with van der Waals surface area (Å²) >= 11 is 0. The number of nitrogens with one attached hydrogen (secondary N) is 3. The van der Waals surface area contributed by atoms with E-state index in [1.165, 1.54) is 30.6 Å². The van der Waals surface area contributed by atoms with Crippen LogP contribution >= 0.6 is 0 Å². The van der Waals surface area contributed by atoms with Gasteiger partial charge in [0.1, 0.15) is 5.54 Å². The van der Waals surface area contributed by atoms with E-state index in [4.69, 9.17) is 0 Å². The standard InChI is InChI=1S/C18H33N5O2/c1-5-18(3)15(24)23(17(25)22-18)12-6-11-20-16(19-4)21-14-9-7-13(2)8-10-14/h13-14H,5-12H2,1-4H3,(H,22,25)(H2,19,20,21). The zero-order valence-electron chi connectivity index (χ0n) is 16.0. The normalized spacial score (nSPS) is 30.4. The number of hydrogen-bond acceptors (Lipinski definition) is 3. The number of rotatable bonds is 6. The van der Waals surface area contributed by atoms with Gasteiger partial charge in [0.05, 0.1) is 0 Å². The average Bonchev–Trinajstić information content (AvgIpc) is 2.82. The topological polar surface area (TPSA) is 85.8 Å². The van der Waals surface area contributed by atoms with Crippen LogP contribution in [0.1, 0.15) is 59.3 Å². The van der Waals surface area contributed by atoms with E-state index in [0.29, 0.717) is 32.0 Å². The molecule has 1 saturated carbocycles. The Morgan fingerprint density at radius 2 is 2.00 bits per heavy atom. The van der Waals surface area contributed by atoms with Crippen molar-refractivity contribution in [3.05, 3.63) is 0 Å². The molecule has 1 aliphatic heterocycles. The van der Waals surface area contributed by atoms with Gasteiger partial charge in [-0.15, -0.1) is 0 Å². The van der Waals surface area contributed by atoms with Crippen LogP contribution in [-0.2, 0) is 4.79 Å². The van der Waals surface area contributed by atoms with Crippen molar-refractivity contribution in [3.63, 3.8) is 0 Å². The maximum absolute atomic E-state index is 12.3. The lowest BCUT2D eigenvalue weighted by atomic mass is 9.87. The highest BCUT2D eigenvalue weighted by Gasteiger charge is 2.45. The van der Waals surface area contributed by atoms with Gasteiger partial charge in [0.15, 0.2) is 5.96 Å². The van der Waals surface area contributed by atoms with Crippen LogP contribution in [0, 0.1) is 5.92 Å². The fraction of sp³-hybridized carbons (Fsp3) is 0.833. The number of nitrogens with zero attached hydrogens (tertiary/aromatic N) is 2. The zero-order valence-corrected chi connectivity index (χ0v) is 16.0. The number of imide groups is 1. The first-order chi connectivity index (χ1) is 11.9. The fourth-order valence-corrected chi connectivity index (χ4v) is 3.43. The van der Waals surface area contributed by atoms with Crippen molar-refractivity contribution in [2.24, 2.45) is 10.9 Å². The molecular formula is C18H33N5O2. The third-order valence-electron chi connectivity index (χ3n) is 5.48. The van der Waals surface area contributed by atoms with Gasteiger partial charge in [0, 0.05) is 26.2 Å². The molecule has 2 rings (SSSR count). The lowest BCUT2D eigenvalue weighted by Gasteiger charge is -2.28. The third kappa shape index (κ3) is 4.86. The van der Waals surface area contributed by atoms with Gasteiger partial charge in [-0.1, -0.05) is 13.8 Å². The lowest BCUT2D eigenvalue weighted by Crippen LogP contribution is -2.45. The van der Waals surface area contributed by atoms with Gasteiger partial charge in [-0.3, -0.25) is 14.7 Å². The Labute approximate surface area is 151 Å². The van der Waals surface area contributed by atoms with Crippen molar-refractivity contribution >= 4 is 17.9 Å². The van der Waals surface area contributed by atoms with Crippen molar-refractivity contribution in [1.29, 1.82) is 0 Å². The summed E-state index contributed by atoms with van der Waals surface area (Å²) in [6, 6.07) is 0.201. The monoisotopic (exact) mass is 351 g/mol. The van der Waals surface area contributed by atoms with Crippen LogP contribution in [-0.4, -0.2) is 54.5 Å². The molecule has 2 aliphatic rings. The number of guanidine groups is 1. The number of urea groups is 1. The Balaban J connectivity index is 1.71. The maximum atomic E-state index is 12.3. The molecule has 0 spiro atoms. The van der Waals surface area contributed by atoms with Gasteiger partial charge in [-0.25, -0.2) is 4.79 Å². The van der Waals surface area contributed by atoms with Crippen molar-refractivity contribution < 1.29 is 9.59 Å². The molecule has 2 fully saturated rings. The third-order valence-corrected chi connectivity index (χ3v) is 5.48. The van der Waals surface area contributed by atoms with Crippen LogP contribution in [0.5, 0.6) is 0 Å². The van der Waals surface area contributed by atoms with Crippen LogP contribution in [0.2, 0.25) is 0 Å². The van der Waals surface area contributed by atoms with E-state index in [1.807, 2.05) is 6.92 Å². The van der Waals surface area contributed by atoms with Gasteiger partial charge in [-0.2, -0.15) is 0 Å². The lowest BCUT2D eigenvalue weighted by molar-refractivity contribution is -0.130. The average molecular weight is 351 g/mol. The van der Waals surface area contributed by atoms with Gasteiger partial charge in [0.25, 0.3) is 5.91 Å². The molecule has 142 valence electrons. The number of carbonyl (C=O) groups is 2. The molecule has 0 aromatic rings. The molecule has 3 amide bonds. The van der Waals surface area contributed by atoms with Crippen LogP contribution in [0.3, 0.4) is 0 Å². The van der Waals surface area contributed by atoms with Crippen molar-refractivity contribution in [3.8, 4) is 0 Å². The van der Waals surface area contributed by atoms with Crippen LogP contribution in [0.15, 0.2) is 4.99 Å². The van der Waals surface area contributed by atoms with Gasteiger partial charge < -0.3 is 16.0 Å². The first-order valence-corrected chi connectivity index (χ1v) is 9.51. The summed E-state index contributed by atoms with van der Waals surface area (Å²) in [5, 5.41) is 9.54. The smallest absolute Gasteiger partial charge is 0.325 e. The molecule has 1 saturated heterocycles. The highest BCUT2D eigenvalue weighted by atomic mass is 16.2. The van der Waals surface area contributed by atoms with Crippen molar-refractivity contribution in [2.45, 2.75) is 70.9 Å². The van der Waals surface area contributed by atoms with E-state index in [0.717, 1.165) is 11.9 Å². The summed E-state index contributed by atoms with van der Waals surface area (Å²) in [6.45, 7) is 7.09. The number of amides is 3. The summed E-state index contributed by atoms with van der Waals surface area (Å²) in [6.07, 6.45) is 6.18. The molecule has 0 bridgehead atoms. The Hall–Kier alpha value is -1.79. The number of aliphatic imine (C=N–C) groups is 1. The minimum Gasteiger partial charge on any atom is -0.356 e. The van der Waals surface area contributed by atoms with Crippen LogP contribution in [0.25, 0.3) is 0 Å². The molecule has 1 aliphatic carbocycles. The Bertz CT molecular complexity index is 514. The second-order valence-electron chi connectivity index (χ2n) is 7.53. The Morgan fingerprint density at radius 3 is 2.56 bits per heavy atom. The van der Waals surface area contributed by atoms with Crippen molar-refractivity contribution in [1.82, 2.24) is 20.9 Å². The Morgan fingerprint density at radius 1 is 1.32 bits per heavy atom. The summed E-state index contributed by atoms with van der Waals surface area (Å²) in [5.74, 6) is 1.50. The predicted octanol–water partition coefficient (Wildman–Crippen LogP) is 1.84. The van der Waals surface area contributed by atoms with E-state index in [1.54, 1.807) is 14.0 Å². The molecule has 0 aromatic heterocycles.